The van der Waals surface area contributed by atoms with E-state index >= 15 is 0 Å². The third-order valence-electron chi connectivity index (χ3n) is 2.62. The lowest BCUT2D eigenvalue weighted by Crippen LogP contribution is -1.87. The van der Waals surface area contributed by atoms with Crippen molar-refractivity contribution in [3.8, 4) is 11.1 Å². The van der Waals surface area contributed by atoms with Crippen LogP contribution in [-0.4, -0.2) is 6.29 Å². The SMILES string of the molecule is Cc1ccc(Br)cc1-c1cc(C=O)ccc1Cl. The van der Waals surface area contributed by atoms with E-state index in [1.807, 2.05) is 31.2 Å². The predicted molar refractivity (Wildman–Crippen MR) is 74.7 cm³/mol. The molecule has 0 heterocycles. The van der Waals surface area contributed by atoms with E-state index < -0.39 is 0 Å². The summed E-state index contributed by atoms with van der Waals surface area (Å²) in [6, 6.07) is 11.3. The minimum Gasteiger partial charge on any atom is -0.298 e. The summed E-state index contributed by atoms with van der Waals surface area (Å²) in [7, 11) is 0. The largest absolute Gasteiger partial charge is 0.298 e. The number of carbonyl (C=O) groups is 1. The molecule has 0 radical (unpaired) electrons. The first kappa shape index (κ1) is 12.3. The quantitative estimate of drug-likeness (QED) is 0.722. The third-order valence-corrected chi connectivity index (χ3v) is 3.44. The second-order valence-corrected chi connectivity index (χ2v) is 5.14. The van der Waals surface area contributed by atoms with Crippen LogP contribution in [0.3, 0.4) is 0 Å². The molecular weight excluding hydrogens is 300 g/mol. The summed E-state index contributed by atoms with van der Waals surface area (Å²) in [5.74, 6) is 0. The van der Waals surface area contributed by atoms with Gasteiger partial charge in [0.1, 0.15) is 6.29 Å². The van der Waals surface area contributed by atoms with Gasteiger partial charge in [0.2, 0.25) is 0 Å². The Bertz CT molecular complexity index is 578. The van der Waals surface area contributed by atoms with Gasteiger partial charge in [-0.25, -0.2) is 0 Å². The van der Waals surface area contributed by atoms with Gasteiger partial charge in [-0.3, -0.25) is 4.79 Å². The fourth-order valence-electron chi connectivity index (χ4n) is 1.71. The van der Waals surface area contributed by atoms with Crippen LogP contribution in [-0.2, 0) is 0 Å². The Hall–Kier alpha value is -1.12. The summed E-state index contributed by atoms with van der Waals surface area (Å²) in [5, 5.41) is 0.650. The van der Waals surface area contributed by atoms with Gasteiger partial charge in [0, 0.05) is 20.6 Å². The van der Waals surface area contributed by atoms with Gasteiger partial charge in [0.05, 0.1) is 0 Å². The zero-order valence-electron chi connectivity index (χ0n) is 9.21. The standard InChI is InChI=1S/C14H10BrClO/c1-9-2-4-11(15)7-12(9)13-6-10(8-17)3-5-14(13)16/h2-8H,1H3. The van der Waals surface area contributed by atoms with Crippen LogP contribution in [0.25, 0.3) is 11.1 Å². The molecule has 0 saturated heterocycles. The van der Waals surface area contributed by atoms with Crippen molar-refractivity contribution >= 4 is 33.8 Å². The maximum atomic E-state index is 10.8. The molecule has 0 aliphatic rings. The van der Waals surface area contributed by atoms with Crippen molar-refractivity contribution in [3.05, 3.63) is 57.0 Å². The molecule has 86 valence electrons. The molecule has 0 aromatic heterocycles. The maximum absolute atomic E-state index is 10.8. The van der Waals surface area contributed by atoms with Gasteiger partial charge in [0.15, 0.2) is 0 Å². The molecule has 0 fully saturated rings. The molecule has 0 spiro atoms. The molecule has 0 aliphatic carbocycles. The van der Waals surface area contributed by atoms with Gasteiger partial charge in [-0.15, -0.1) is 0 Å². The van der Waals surface area contributed by atoms with E-state index in [9.17, 15) is 4.79 Å². The zero-order valence-corrected chi connectivity index (χ0v) is 11.5. The average Bonchev–Trinajstić information content (AvgIpc) is 2.33. The normalized spacial score (nSPS) is 10.3. The Labute approximate surface area is 114 Å². The first-order chi connectivity index (χ1) is 8.11. The summed E-state index contributed by atoms with van der Waals surface area (Å²) in [5.41, 5.74) is 3.67. The molecule has 0 amide bonds. The van der Waals surface area contributed by atoms with Gasteiger partial charge < -0.3 is 0 Å². The van der Waals surface area contributed by atoms with Crippen molar-refractivity contribution in [2.24, 2.45) is 0 Å². The Morgan fingerprint density at radius 1 is 1.12 bits per heavy atom. The molecule has 0 atom stereocenters. The van der Waals surface area contributed by atoms with E-state index in [0.717, 1.165) is 27.4 Å². The first-order valence-electron chi connectivity index (χ1n) is 5.13. The molecule has 17 heavy (non-hydrogen) atoms. The van der Waals surface area contributed by atoms with Crippen molar-refractivity contribution in [1.82, 2.24) is 0 Å². The highest BCUT2D eigenvalue weighted by atomic mass is 79.9. The minimum absolute atomic E-state index is 0.628. The lowest BCUT2D eigenvalue weighted by Gasteiger charge is -2.09. The van der Waals surface area contributed by atoms with Crippen molar-refractivity contribution in [2.75, 3.05) is 0 Å². The highest BCUT2D eigenvalue weighted by molar-refractivity contribution is 9.10. The molecule has 0 N–H and O–H groups in total. The van der Waals surface area contributed by atoms with Crippen molar-refractivity contribution in [2.45, 2.75) is 6.92 Å². The molecule has 2 aromatic rings. The third kappa shape index (κ3) is 2.59. The summed E-state index contributed by atoms with van der Waals surface area (Å²) < 4.78 is 0.991. The number of rotatable bonds is 2. The van der Waals surface area contributed by atoms with Crippen LogP contribution in [0.5, 0.6) is 0 Å². The Morgan fingerprint density at radius 3 is 2.59 bits per heavy atom. The van der Waals surface area contributed by atoms with Gasteiger partial charge in [-0.05, 0) is 42.3 Å². The van der Waals surface area contributed by atoms with Crippen LogP contribution in [0.15, 0.2) is 40.9 Å². The van der Waals surface area contributed by atoms with E-state index in [4.69, 9.17) is 11.6 Å². The number of benzene rings is 2. The van der Waals surface area contributed by atoms with E-state index in [1.165, 1.54) is 0 Å². The fourth-order valence-corrected chi connectivity index (χ4v) is 2.29. The van der Waals surface area contributed by atoms with Gasteiger partial charge in [-0.2, -0.15) is 0 Å². The Kier molecular flexibility index (Phi) is 3.65. The average molecular weight is 310 g/mol. The molecule has 3 heteroatoms. The topological polar surface area (TPSA) is 17.1 Å². The second-order valence-electron chi connectivity index (χ2n) is 3.82. The van der Waals surface area contributed by atoms with Crippen LogP contribution in [0.2, 0.25) is 5.02 Å². The van der Waals surface area contributed by atoms with Crippen LogP contribution >= 0.6 is 27.5 Å². The van der Waals surface area contributed by atoms with Gasteiger partial charge in [-0.1, -0.05) is 39.7 Å². The number of hydrogen-bond donors (Lipinski definition) is 0. The van der Waals surface area contributed by atoms with Crippen molar-refractivity contribution in [1.29, 1.82) is 0 Å². The van der Waals surface area contributed by atoms with Gasteiger partial charge >= 0.3 is 0 Å². The zero-order chi connectivity index (χ0) is 12.4. The number of halogens is 2. The summed E-state index contributed by atoms with van der Waals surface area (Å²) in [6.45, 7) is 2.02. The Balaban J connectivity index is 2.66. The molecule has 0 saturated carbocycles. The summed E-state index contributed by atoms with van der Waals surface area (Å²) >= 11 is 9.62. The van der Waals surface area contributed by atoms with Crippen LogP contribution < -0.4 is 0 Å². The fraction of sp³-hybridized carbons (Fsp3) is 0.0714. The lowest BCUT2D eigenvalue weighted by molar-refractivity contribution is 0.112. The van der Waals surface area contributed by atoms with E-state index in [1.54, 1.807) is 12.1 Å². The van der Waals surface area contributed by atoms with Crippen LogP contribution in [0.4, 0.5) is 0 Å². The molecule has 0 bridgehead atoms. The van der Waals surface area contributed by atoms with Gasteiger partial charge in [0.25, 0.3) is 0 Å². The highest BCUT2D eigenvalue weighted by Crippen LogP contribution is 2.32. The van der Waals surface area contributed by atoms with E-state index in [2.05, 4.69) is 15.9 Å². The van der Waals surface area contributed by atoms with Crippen molar-refractivity contribution < 1.29 is 4.79 Å². The maximum Gasteiger partial charge on any atom is 0.150 e. The van der Waals surface area contributed by atoms with E-state index in [0.29, 0.717) is 10.6 Å². The first-order valence-corrected chi connectivity index (χ1v) is 6.30. The number of aryl methyl sites for hydroxylation is 1. The number of hydrogen-bond acceptors (Lipinski definition) is 1. The molecule has 2 rings (SSSR count). The van der Waals surface area contributed by atoms with Crippen LogP contribution in [0.1, 0.15) is 15.9 Å². The predicted octanol–water partition coefficient (Wildman–Crippen LogP) is 4.89. The summed E-state index contributed by atoms with van der Waals surface area (Å²) in [6.07, 6.45) is 0.827. The highest BCUT2D eigenvalue weighted by Gasteiger charge is 2.08. The smallest absolute Gasteiger partial charge is 0.150 e. The van der Waals surface area contributed by atoms with E-state index in [-0.39, 0.29) is 0 Å². The molecule has 0 unspecified atom stereocenters. The Morgan fingerprint density at radius 2 is 1.88 bits per heavy atom. The molecule has 2 aromatic carbocycles. The molecule has 1 nitrogen and oxygen atoms in total. The minimum atomic E-state index is 0.628. The number of aldehydes is 1. The molecule has 0 aliphatic heterocycles. The number of carbonyl (C=O) groups excluding carboxylic acids is 1. The van der Waals surface area contributed by atoms with Crippen LogP contribution in [0, 0.1) is 6.92 Å². The molecular formula is C14H10BrClO. The van der Waals surface area contributed by atoms with Crippen molar-refractivity contribution in [3.63, 3.8) is 0 Å². The second kappa shape index (κ2) is 5.03. The lowest BCUT2D eigenvalue weighted by atomic mass is 9.99. The monoisotopic (exact) mass is 308 g/mol. The summed E-state index contributed by atoms with van der Waals surface area (Å²) in [4.78, 5) is 10.8.